The van der Waals surface area contributed by atoms with Crippen LogP contribution in [-0.4, -0.2) is 12.5 Å². The maximum absolute atomic E-state index is 13.2. The van der Waals surface area contributed by atoms with Crippen molar-refractivity contribution in [3.8, 4) is 0 Å². The van der Waals surface area contributed by atoms with Gasteiger partial charge >= 0.3 is 0 Å². The van der Waals surface area contributed by atoms with E-state index in [4.69, 9.17) is 0 Å². The van der Waals surface area contributed by atoms with E-state index in [1.165, 1.54) is 12.1 Å². The minimum atomic E-state index is -0.235. The molecule has 95 valence electrons. The fraction of sp³-hybridized carbons (Fsp3) is 0.500. The number of benzene rings is 1. The summed E-state index contributed by atoms with van der Waals surface area (Å²) in [5, 5.41) is 0. The summed E-state index contributed by atoms with van der Waals surface area (Å²) in [5.74, 6) is 0.00270. The van der Waals surface area contributed by atoms with Gasteiger partial charge in [0.05, 0.1) is 0 Å². The number of piperidine rings is 1. The van der Waals surface area contributed by atoms with Gasteiger partial charge in [-0.15, -0.1) is 0 Å². The largest absolute Gasteiger partial charge is 0.312 e. The van der Waals surface area contributed by atoms with E-state index in [0.717, 1.165) is 36.2 Å². The molecule has 1 unspecified atom stereocenters. The van der Waals surface area contributed by atoms with Crippen molar-refractivity contribution in [2.45, 2.75) is 33.6 Å². The van der Waals surface area contributed by atoms with Crippen LogP contribution in [0, 0.1) is 25.6 Å². The maximum atomic E-state index is 13.2. The van der Waals surface area contributed by atoms with E-state index in [-0.39, 0.29) is 50.4 Å². The molecular weight excluding hydrogens is 306 g/mol. The number of halogens is 1. The van der Waals surface area contributed by atoms with Crippen molar-refractivity contribution in [1.82, 2.24) is 0 Å². The molecule has 0 bridgehead atoms. The van der Waals surface area contributed by atoms with Gasteiger partial charge in [0.25, 0.3) is 0 Å². The van der Waals surface area contributed by atoms with Gasteiger partial charge < -0.3 is 4.90 Å². The monoisotopic (exact) mass is 324 g/mol. The number of carbonyl (C=O) groups excluding carboxylic acids is 1. The zero-order valence-corrected chi connectivity index (χ0v) is 14.0. The molecule has 1 saturated heterocycles. The third-order valence-electron chi connectivity index (χ3n) is 3.43. The molecule has 1 aliphatic heterocycles. The van der Waals surface area contributed by atoms with Crippen LogP contribution in [0.3, 0.4) is 0 Å². The van der Waals surface area contributed by atoms with Crippen molar-refractivity contribution >= 4 is 11.6 Å². The van der Waals surface area contributed by atoms with Crippen molar-refractivity contribution in [1.29, 1.82) is 0 Å². The summed E-state index contributed by atoms with van der Waals surface area (Å²) in [4.78, 5) is 14.0. The Morgan fingerprint density at radius 1 is 1.28 bits per heavy atom. The zero-order valence-electron chi connectivity index (χ0n) is 11.2. The fourth-order valence-electron chi connectivity index (χ4n) is 2.61. The van der Waals surface area contributed by atoms with Gasteiger partial charge in [0.2, 0.25) is 5.91 Å². The number of amides is 1. The third-order valence-corrected chi connectivity index (χ3v) is 3.43. The molecule has 1 radical (unpaired) electrons. The molecule has 1 fully saturated rings. The van der Waals surface area contributed by atoms with Gasteiger partial charge in [-0.25, -0.2) is 4.39 Å². The topological polar surface area (TPSA) is 20.3 Å². The Bertz CT molecular complexity index is 438. The van der Waals surface area contributed by atoms with E-state index < -0.39 is 0 Å². The van der Waals surface area contributed by atoms with Crippen molar-refractivity contribution in [2.24, 2.45) is 5.92 Å². The minimum Gasteiger partial charge on any atom is -0.312 e. The molecule has 0 aliphatic carbocycles. The number of rotatable bonds is 1. The normalized spacial score (nSPS) is 19.7. The first-order valence-corrected chi connectivity index (χ1v) is 6.09. The van der Waals surface area contributed by atoms with Crippen LogP contribution >= 0.6 is 0 Å². The summed E-state index contributed by atoms with van der Waals surface area (Å²) in [6.07, 6.45) is 1.97. The number of aryl methyl sites for hydroxylation is 2. The second-order valence-corrected chi connectivity index (χ2v) is 4.92. The summed E-state index contributed by atoms with van der Waals surface area (Å²) >= 11 is 0. The van der Waals surface area contributed by atoms with Crippen molar-refractivity contribution in [3.05, 3.63) is 29.1 Å². The molecule has 2 nitrogen and oxygen atoms in total. The van der Waals surface area contributed by atoms with Crippen LogP contribution in [0.15, 0.2) is 12.1 Å². The van der Waals surface area contributed by atoms with Gasteiger partial charge in [-0.05, 0) is 49.9 Å². The fourth-order valence-corrected chi connectivity index (χ4v) is 2.61. The van der Waals surface area contributed by atoms with Gasteiger partial charge in [-0.2, -0.15) is 0 Å². The smallest absolute Gasteiger partial charge is 0.229 e. The van der Waals surface area contributed by atoms with Crippen LogP contribution in [0.1, 0.15) is 30.9 Å². The zero-order chi connectivity index (χ0) is 12.6. The molecule has 1 aromatic carbocycles. The van der Waals surface area contributed by atoms with Gasteiger partial charge in [0.1, 0.15) is 5.82 Å². The van der Waals surface area contributed by atoms with Crippen molar-refractivity contribution in [2.75, 3.05) is 11.4 Å². The number of hydrogen-bond acceptors (Lipinski definition) is 1. The van der Waals surface area contributed by atoms with Crippen LogP contribution < -0.4 is 4.90 Å². The number of hydrogen-bond donors (Lipinski definition) is 0. The second kappa shape index (κ2) is 6.25. The Labute approximate surface area is 133 Å². The van der Waals surface area contributed by atoms with E-state index >= 15 is 0 Å². The first kappa shape index (κ1) is 15.8. The predicted molar refractivity (Wildman–Crippen MR) is 66.6 cm³/mol. The molecule has 1 aliphatic rings. The molecule has 2 rings (SSSR count). The van der Waals surface area contributed by atoms with Gasteiger partial charge in [0, 0.05) is 50.9 Å². The minimum absolute atomic E-state index is 0. The Kier molecular flexibility index (Phi) is 5.48. The molecule has 1 aromatic rings. The third kappa shape index (κ3) is 3.00. The second-order valence-electron chi connectivity index (χ2n) is 4.92. The molecule has 0 aromatic heterocycles. The summed E-state index contributed by atoms with van der Waals surface area (Å²) in [7, 11) is 0. The van der Waals surface area contributed by atoms with Gasteiger partial charge in [-0.3, -0.25) is 4.79 Å². The summed E-state index contributed by atoms with van der Waals surface area (Å²) in [5.41, 5.74) is 2.57. The van der Waals surface area contributed by atoms with Crippen LogP contribution in [-0.2, 0) is 37.5 Å². The van der Waals surface area contributed by atoms with Crippen molar-refractivity contribution in [3.63, 3.8) is 0 Å². The standard InChI is InChI=1S/C14H18FNO.Y/c1-9-5-4-6-16(14(9)17)13-10(2)7-12(15)8-11(13)3;/h7-9H,4-6H2,1-3H3;. The number of nitrogens with zero attached hydrogens (tertiary/aromatic N) is 1. The molecule has 1 heterocycles. The average Bonchev–Trinajstić information content (AvgIpc) is 2.23. The van der Waals surface area contributed by atoms with E-state index in [1.807, 2.05) is 25.7 Å². The Balaban J connectivity index is 0.00000162. The van der Waals surface area contributed by atoms with Crippen LogP contribution in [0.4, 0.5) is 10.1 Å². The predicted octanol–water partition coefficient (Wildman–Crippen LogP) is 3.20. The van der Waals surface area contributed by atoms with Crippen molar-refractivity contribution < 1.29 is 41.9 Å². The maximum Gasteiger partial charge on any atom is 0.229 e. The molecule has 1 atom stereocenters. The first-order valence-electron chi connectivity index (χ1n) is 6.09. The van der Waals surface area contributed by atoms with E-state index in [9.17, 15) is 9.18 Å². The SMILES string of the molecule is Cc1cc(F)cc(C)c1N1CCCC(C)C1=O.[Y]. The molecule has 0 spiro atoms. The molecule has 0 saturated carbocycles. The summed E-state index contributed by atoms with van der Waals surface area (Å²) in [6.45, 7) is 6.43. The Morgan fingerprint density at radius 3 is 2.39 bits per heavy atom. The average molecular weight is 324 g/mol. The van der Waals surface area contributed by atoms with Crippen LogP contribution in [0.5, 0.6) is 0 Å². The summed E-state index contributed by atoms with van der Waals surface area (Å²) < 4.78 is 13.2. The summed E-state index contributed by atoms with van der Waals surface area (Å²) in [6, 6.07) is 2.99. The molecule has 4 heteroatoms. The van der Waals surface area contributed by atoms with E-state index in [2.05, 4.69) is 0 Å². The first-order chi connectivity index (χ1) is 8.00. The Morgan fingerprint density at radius 2 is 1.83 bits per heavy atom. The quantitative estimate of drug-likeness (QED) is 0.777. The Hall–Kier alpha value is -0.276. The van der Waals surface area contributed by atoms with Gasteiger partial charge in [-0.1, -0.05) is 6.92 Å². The van der Waals surface area contributed by atoms with E-state index in [0.29, 0.717) is 0 Å². The molecule has 0 N–H and O–H groups in total. The number of carbonyl (C=O) groups is 1. The molecular formula is C14H18FNOY. The molecule has 18 heavy (non-hydrogen) atoms. The van der Waals surface area contributed by atoms with E-state index in [1.54, 1.807) is 0 Å². The number of anilines is 1. The molecule has 1 amide bonds. The van der Waals surface area contributed by atoms with Crippen LogP contribution in [0.25, 0.3) is 0 Å². The van der Waals surface area contributed by atoms with Gasteiger partial charge in [0.15, 0.2) is 0 Å². The van der Waals surface area contributed by atoms with Crippen LogP contribution in [0.2, 0.25) is 0 Å².